The van der Waals surface area contributed by atoms with Crippen molar-refractivity contribution in [1.82, 2.24) is 29.6 Å². The molecule has 2 aromatic heterocycles. The predicted molar refractivity (Wildman–Crippen MR) is 85.0 cm³/mol. The summed E-state index contributed by atoms with van der Waals surface area (Å²) < 4.78 is 7.88. The normalized spacial score (nSPS) is 11.2. The first kappa shape index (κ1) is 14.6. The van der Waals surface area contributed by atoms with E-state index >= 15 is 0 Å². The van der Waals surface area contributed by atoms with Crippen LogP contribution in [0.1, 0.15) is 25.6 Å². The topological polar surface area (TPSA) is 69.4 Å². The fourth-order valence-corrected chi connectivity index (χ4v) is 3.47. The van der Waals surface area contributed by atoms with Crippen LogP contribution >= 0.6 is 39.2 Å². The molecule has 0 bridgehead atoms. The Morgan fingerprint density at radius 3 is 2.67 bits per heavy atom. The van der Waals surface area contributed by atoms with Gasteiger partial charge in [-0.15, -0.1) is 5.10 Å². The lowest BCUT2D eigenvalue weighted by Crippen LogP contribution is -1.98. The predicted octanol–water partition coefficient (Wildman–Crippen LogP) is 3.55. The molecular weight excluding hydrogens is 372 g/mol. The summed E-state index contributed by atoms with van der Waals surface area (Å²) >= 11 is 6.20. The van der Waals surface area contributed by atoms with Crippen LogP contribution in [0.25, 0.3) is 5.69 Å². The number of halogens is 1. The smallest absolute Gasteiger partial charge is 0.212 e. The molecule has 3 aromatic rings. The summed E-state index contributed by atoms with van der Waals surface area (Å²) in [5.74, 6) is 1.17. The quantitative estimate of drug-likeness (QED) is 0.686. The molecule has 9 heteroatoms. The van der Waals surface area contributed by atoms with E-state index in [4.69, 9.17) is 0 Å². The second-order valence-corrected chi connectivity index (χ2v) is 7.41. The zero-order valence-electron chi connectivity index (χ0n) is 11.3. The summed E-state index contributed by atoms with van der Waals surface area (Å²) in [4.78, 5) is 4.49. The van der Waals surface area contributed by atoms with Gasteiger partial charge >= 0.3 is 0 Å². The van der Waals surface area contributed by atoms with Crippen LogP contribution in [0.4, 0.5) is 0 Å². The highest BCUT2D eigenvalue weighted by Crippen LogP contribution is 2.29. The van der Waals surface area contributed by atoms with Crippen LogP contribution in [0.2, 0.25) is 0 Å². The van der Waals surface area contributed by atoms with Crippen molar-refractivity contribution in [2.45, 2.75) is 29.3 Å². The standard InChI is InChI=1S/C12H11BrN6S2/c1-7(2)10-14-12(21-16-10)20-11-15-17-18-19(11)9-5-3-8(13)4-6-9/h3-7H,1-2H3. The molecule has 0 radical (unpaired) electrons. The first-order valence-electron chi connectivity index (χ1n) is 6.19. The van der Waals surface area contributed by atoms with E-state index in [2.05, 4.69) is 54.7 Å². The summed E-state index contributed by atoms with van der Waals surface area (Å²) in [6, 6.07) is 7.80. The fraction of sp³-hybridized carbons (Fsp3) is 0.250. The van der Waals surface area contributed by atoms with Crippen molar-refractivity contribution < 1.29 is 0 Å². The molecule has 0 unspecified atom stereocenters. The van der Waals surface area contributed by atoms with Crippen LogP contribution in [0.5, 0.6) is 0 Å². The van der Waals surface area contributed by atoms with Crippen molar-refractivity contribution in [3.8, 4) is 5.69 Å². The molecule has 0 saturated heterocycles. The van der Waals surface area contributed by atoms with Crippen LogP contribution < -0.4 is 0 Å². The molecule has 0 spiro atoms. The van der Waals surface area contributed by atoms with E-state index in [1.165, 1.54) is 23.3 Å². The van der Waals surface area contributed by atoms with Crippen LogP contribution in [-0.2, 0) is 0 Å². The van der Waals surface area contributed by atoms with Gasteiger partial charge in [-0.3, -0.25) is 0 Å². The Morgan fingerprint density at radius 1 is 1.24 bits per heavy atom. The highest BCUT2D eigenvalue weighted by Gasteiger charge is 2.14. The Kier molecular flexibility index (Phi) is 4.32. The largest absolute Gasteiger partial charge is 0.221 e. The molecular formula is C12H11BrN6S2. The molecule has 2 heterocycles. The number of nitrogens with zero attached hydrogens (tertiary/aromatic N) is 6. The van der Waals surface area contributed by atoms with Gasteiger partial charge in [-0.05, 0) is 58.0 Å². The summed E-state index contributed by atoms with van der Waals surface area (Å²) in [5.41, 5.74) is 0.902. The molecule has 0 N–H and O–H groups in total. The molecule has 0 amide bonds. The first-order chi connectivity index (χ1) is 10.1. The molecule has 3 rings (SSSR count). The van der Waals surface area contributed by atoms with E-state index in [9.17, 15) is 0 Å². The average Bonchev–Trinajstić information content (AvgIpc) is 3.10. The van der Waals surface area contributed by atoms with Crippen molar-refractivity contribution in [3.63, 3.8) is 0 Å². The van der Waals surface area contributed by atoms with Crippen molar-refractivity contribution >= 4 is 39.2 Å². The minimum Gasteiger partial charge on any atom is -0.212 e. The van der Waals surface area contributed by atoms with E-state index in [0.29, 0.717) is 11.1 Å². The maximum absolute atomic E-state index is 4.49. The molecule has 0 aliphatic heterocycles. The zero-order valence-corrected chi connectivity index (χ0v) is 14.5. The second-order valence-electron chi connectivity index (χ2n) is 4.52. The number of benzene rings is 1. The van der Waals surface area contributed by atoms with E-state index in [1.54, 1.807) is 4.68 Å². The zero-order chi connectivity index (χ0) is 14.8. The lowest BCUT2D eigenvalue weighted by molar-refractivity contribution is 0.755. The van der Waals surface area contributed by atoms with E-state index in [-0.39, 0.29) is 0 Å². The Hall–Kier alpha value is -1.32. The number of hydrogen-bond donors (Lipinski definition) is 0. The molecule has 0 atom stereocenters. The Balaban J connectivity index is 1.86. The number of rotatable bonds is 4. The molecule has 0 saturated carbocycles. The molecule has 0 aliphatic rings. The second kappa shape index (κ2) is 6.20. The van der Waals surface area contributed by atoms with Gasteiger partial charge in [0.05, 0.1) is 5.69 Å². The van der Waals surface area contributed by atoms with Crippen molar-refractivity contribution in [2.24, 2.45) is 0 Å². The molecule has 108 valence electrons. The fourth-order valence-electron chi connectivity index (χ4n) is 1.56. The van der Waals surface area contributed by atoms with Gasteiger partial charge in [-0.25, -0.2) is 4.98 Å². The number of hydrogen-bond acceptors (Lipinski definition) is 7. The highest BCUT2D eigenvalue weighted by molar-refractivity contribution is 9.10. The van der Waals surface area contributed by atoms with Crippen molar-refractivity contribution in [3.05, 3.63) is 34.6 Å². The van der Waals surface area contributed by atoms with Gasteiger partial charge in [0.1, 0.15) is 5.82 Å². The van der Waals surface area contributed by atoms with E-state index in [1.807, 2.05) is 24.3 Å². The number of tetrazole rings is 1. The summed E-state index contributed by atoms with van der Waals surface area (Å²) in [5, 5.41) is 12.5. The third-order valence-corrected chi connectivity index (χ3v) is 4.86. The minimum atomic E-state index is 0.318. The SMILES string of the molecule is CC(C)c1nsc(Sc2nnnn2-c2ccc(Br)cc2)n1. The summed E-state index contributed by atoms with van der Waals surface area (Å²) in [6.07, 6.45) is 0. The number of aromatic nitrogens is 6. The van der Waals surface area contributed by atoms with Gasteiger partial charge in [-0.2, -0.15) is 9.06 Å². The van der Waals surface area contributed by atoms with E-state index in [0.717, 1.165) is 20.3 Å². The van der Waals surface area contributed by atoms with Gasteiger partial charge in [-0.1, -0.05) is 29.8 Å². The van der Waals surface area contributed by atoms with Gasteiger partial charge in [0.25, 0.3) is 0 Å². The van der Waals surface area contributed by atoms with Gasteiger partial charge in [0.15, 0.2) is 4.34 Å². The van der Waals surface area contributed by atoms with E-state index < -0.39 is 0 Å². The lowest BCUT2D eigenvalue weighted by Gasteiger charge is -2.02. The summed E-state index contributed by atoms with van der Waals surface area (Å²) in [7, 11) is 0. The maximum Gasteiger partial charge on any atom is 0.221 e. The van der Waals surface area contributed by atoms with Gasteiger partial charge in [0, 0.05) is 10.4 Å². The first-order valence-corrected chi connectivity index (χ1v) is 8.57. The van der Waals surface area contributed by atoms with Gasteiger partial charge < -0.3 is 0 Å². The molecule has 1 aromatic carbocycles. The molecule has 6 nitrogen and oxygen atoms in total. The lowest BCUT2D eigenvalue weighted by atomic mass is 10.2. The third-order valence-electron chi connectivity index (χ3n) is 2.63. The Bertz CT molecular complexity index is 736. The molecule has 21 heavy (non-hydrogen) atoms. The van der Waals surface area contributed by atoms with Crippen LogP contribution in [0.15, 0.2) is 38.2 Å². The van der Waals surface area contributed by atoms with Crippen molar-refractivity contribution in [1.29, 1.82) is 0 Å². The molecule has 0 fully saturated rings. The minimum absolute atomic E-state index is 0.318. The van der Waals surface area contributed by atoms with Gasteiger partial charge in [0.2, 0.25) is 5.16 Å². The van der Waals surface area contributed by atoms with Crippen molar-refractivity contribution in [2.75, 3.05) is 0 Å². The van der Waals surface area contributed by atoms with Crippen LogP contribution in [-0.4, -0.2) is 29.6 Å². The monoisotopic (exact) mass is 382 g/mol. The highest BCUT2D eigenvalue weighted by atomic mass is 79.9. The van der Waals surface area contributed by atoms with Crippen LogP contribution in [0, 0.1) is 0 Å². The van der Waals surface area contributed by atoms with Crippen LogP contribution in [0.3, 0.4) is 0 Å². The average molecular weight is 383 g/mol. The molecule has 0 aliphatic carbocycles. The maximum atomic E-state index is 4.49. The summed E-state index contributed by atoms with van der Waals surface area (Å²) in [6.45, 7) is 4.14. The Labute approximate surface area is 138 Å². The Morgan fingerprint density at radius 2 is 2.00 bits per heavy atom. The third kappa shape index (κ3) is 3.30.